The van der Waals surface area contributed by atoms with Gasteiger partial charge in [-0.2, -0.15) is 0 Å². The van der Waals surface area contributed by atoms with Crippen LogP contribution in [0, 0.1) is 0 Å². The highest BCUT2D eigenvalue weighted by Crippen LogP contribution is 2.23. The van der Waals surface area contributed by atoms with Crippen LogP contribution in [0.1, 0.15) is 44.2 Å². The molecule has 8 nitrogen and oxygen atoms in total. The van der Waals surface area contributed by atoms with Crippen LogP contribution in [0.15, 0.2) is 84.9 Å². The van der Waals surface area contributed by atoms with Crippen molar-refractivity contribution in [2.24, 2.45) is 0 Å². The quantitative estimate of drug-likeness (QED) is 0.263. The van der Waals surface area contributed by atoms with Gasteiger partial charge in [0.15, 0.2) is 0 Å². The van der Waals surface area contributed by atoms with Gasteiger partial charge in [0.2, 0.25) is 21.8 Å². The van der Waals surface area contributed by atoms with E-state index < -0.39 is 16.1 Å². The summed E-state index contributed by atoms with van der Waals surface area (Å²) < 4.78 is 32.1. The molecule has 0 bridgehead atoms. The van der Waals surface area contributed by atoms with Crippen molar-refractivity contribution in [2.75, 3.05) is 30.3 Å². The molecule has 3 aromatic rings. The number of ether oxygens (including phenoxy) is 1. The van der Waals surface area contributed by atoms with Crippen LogP contribution < -0.4 is 14.4 Å². The molecule has 2 amide bonds. The lowest BCUT2D eigenvalue weighted by molar-refractivity contribution is -0.141. The molecule has 0 saturated carbocycles. The fraction of sp³-hybridized carbons (Fsp3) is 0.375. The van der Waals surface area contributed by atoms with Gasteiger partial charge in [-0.1, -0.05) is 67.6 Å². The Morgan fingerprint density at radius 3 is 2.05 bits per heavy atom. The van der Waals surface area contributed by atoms with Crippen LogP contribution in [-0.2, 0) is 32.6 Å². The third kappa shape index (κ3) is 9.93. The van der Waals surface area contributed by atoms with Crippen LogP contribution in [0.25, 0.3) is 0 Å². The molecule has 0 aliphatic heterocycles. The Balaban J connectivity index is 1.82. The van der Waals surface area contributed by atoms with Crippen LogP contribution in [0.2, 0.25) is 0 Å². The first-order valence-corrected chi connectivity index (χ1v) is 15.9. The van der Waals surface area contributed by atoms with Gasteiger partial charge in [0.25, 0.3) is 0 Å². The number of carbonyl (C=O) groups excluding carboxylic acids is 2. The summed E-state index contributed by atoms with van der Waals surface area (Å²) in [5.74, 6) is 0.246. The molecule has 0 spiro atoms. The monoisotopic (exact) mass is 579 g/mol. The van der Waals surface area contributed by atoms with E-state index in [2.05, 4.69) is 5.32 Å². The highest BCUT2D eigenvalue weighted by Gasteiger charge is 2.30. The first-order valence-electron chi connectivity index (χ1n) is 14.1. The van der Waals surface area contributed by atoms with Crippen molar-refractivity contribution in [3.63, 3.8) is 0 Å². The summed E-state index contributed by atoms with van der Waals surface area (Å²) in [5, 5.41) is 2.97. The Kier molecular flexibility index (Phi) is 12.2. The number of sulfonamides is 1. The SMILES string of the molecule is CCCNC(=O)[C@H](Cc1ccccc1)N(Cc1ccccc1)C(=O)CCCN(c1ccc(OCC)cc1)S(C)(=O)=O. The molecule has 0 aliphatic carbocycles. The van der Waals surface area contributed by atoms with Crippen molar-refractivity contribution >= 4 is 27.5 Å². The summed E-state index contributed by atoms with van der Waals surface area (Å²) in [5.41, 5.74) is 2.37. The second-order valence-corrected chi connectivity index (χ2v) is 11.8. The van der Waals surface area contributed by atoms with Crippen LogP contribution in [0.4, 0.5) is 5.69 Å². The number of benzene rings is 3. The average molecular weight is 580 g/mol. The molecule has 220 valence electrons. The number of hydrogen-bond donors (Lipinski definition) is 1. The zero-order valence-corrected chi connectivity index (χ0v) is 25.0. The second-order valence-electron chi connectivity index (χ2n) is 9.87. The molecule has 41 heavy (non-hydrogen) atoms. The molecule has 0 radical (unpaired) electrons. The van der Waals surface area contributed by atoms with E-state index in [-0.39, 0.29) is 31.3 Å². The van der Waals surface area contributed by atoms with Gasteiger partial charge < -0.3 is 15.0 Å². The predicted octanol–water partition coefficient (Wildman–Crippen LogP) is 4.80. The number of nitrogens with zero attached hydrogens (tertiary/aromatic N) is 2. The normalized spacial score (nSPS) is 11.9. The lowest BCUT2D eigenvalue weighted by atomic mass is 10.0. The summed E-state index contributed by atoms with van der Waals surface area (Å²) in [6.45, 7) is 5.29. The van der Waals surface area contributed by atoms with E-state index in [4.69, 9.17) is 4.74 Å². The summed E-state index contributed by atoms with van der Waals surface area (Å²) in [7, 11) is -3.59. The molecule has 0 saturated heterocycles. The molecule has 1 atom stereocenters. The third-order valence-corrected chi connectivity index (χ3v) is 7.80. The Morgan fingerprint density at radius 1 is 0.878 bits per heavy atom. The zero-order chi connectivity index (χ0) is 29.7. The predicted molar refractivity (Wildman–Crippen MR) is 163 cm³/mol. The van der Waals surface area contributed by atoms with Crippen molar-refractivity contribution < 1.29 is 22.7 Å². The van der Waals surface area contributed by atoms with Gasteiger partial charge in [0, 0.05) is 32.5 Å². The summed E-state index contributed by atoms with van der Waals surface area (Å²) in [6.07, 6.45) is 2.68. The molecule has 0 aliphatic rings. The molecule has 0 aromatic heterocycles. The minimum atomic E-state index is -3.59. The van der Waals surface area contributed by atoms with Gasteiger partial charge in [-0.3, -0.25) is 13.9 Å². The van der Waals surface area contributed by atoms with Gasteiger partial charge in [-0.25, -0.2) is 8.42 Å². The molecule has 3 rings (SSSR count). The van der Waals surface area contributed by atoms with Gasteiger partial charge in [0.1, 0.15) is 11.8 Å². The summed E-state index contributed by atoms with van der Waals surface area (Å²) in [6, 6.07) is 25.4. The fourth-order valence-corrected chi connectivity index (χ4v) is 5.54. The molecule has 0 heterocycles. The van der Waals surface area contributed by atoms with E-state index in [1.54, 1.807) is 29.2 Å². The average Bonchev–Trinajstić information content (AvgIpc) is 2.97. The van der Waals surface area contributed by atoms with E-state index in [1.165, 1.54) is 4.31 Å². The topological polar surface area (TPSA) is 96.0 Å². The first kappa shape index (κ1) is 31.7. The Morgan fingerprint density at radius 2 is 1.49 bits per heavy atom. The van der Waals surface area contributed by atoms with E-state index in [0.29, 0.717) is 37.4 Å². The second kappa shape index (κ2) is 15.8. The number of nitrogens with one attached hydrogen (secondary N) is 1. The third-order valence-electron chi connectivity index (χ3n) is 6.60. The lowest BCUT2D eigenvalue weighted by Crippen LogP contribution is -2.50. The Bertz CT molecular complexity index is 1330. The Labute approximate surface area is 244 Å². The molecule has 3 aromatic carbocycles. The summed E-state index contributed by atoms with van der Waals surface area (Å²) in [4.78, 5) is 28.8. The van der Waals surface area contributed by atoms with Gasteiger partial charge in [-0.15, -0.1) is 0 Å². The highest BCUT2D eigenvalue weighted by molar-refractivity contribution is 7.92. The van der Waals surface area contributed by atoms with E-state index >= 15 is 0 Å². The summed E-state index contributed by atoms with van der Waals surface area (Å²) >= 11 is 0. The molecule has 9 heteroatoms. The number of amides is 2. The number of carbonyl (C=O) groups is 2. The van der Waals surface area contributed by atoms with Gasteiger partial charge >= 0.3 is 0 Å². The maximum absolute atomic E-state index is 13.8. The molecular formula is C32H41N3O5S. The lowest BCUT2D eigenvalue weighted by Gasteiger charge is -2.32. The van der Waals surface area contributed by atoms with Crippen molar-refractivity contribution in [2.45, 2.75) is 52.1 Å². The highest BCUT2D eigenvalue weighted by atomic mass is 32.2. The van der Waals surface area contributed by atoms with Crippen LogP contribution in [-0.4, -0.2) is 57.1 Å². The van der Waals surface area contributed by atoms with Crippen molar-refractivity contribution in [3.05, 3.63) is 96.1 Å². The van der Waals surface area contributed by atoms with Crippen LogP contribution in [0.3, 0.4) is 0 Å². The van der Waals surface area contributed by atoms with E-state index in [9.17, 15) is 18.0 Å². The zero-order valence-electron chi connectivity index (χ0n) is 24.2. The van der Waals surface area contributed by atoms with E-state index in [1.807, 2.05) is 74.5 Å². The number of rotatable bonds is 16. The van der Waals surface area contributed by atoms with Crippen LogP contribution >= 0.6 is 0 Å². The Hall–Kier alpha value is -3.85. The molecule has 0 unspecified atom stereocenters. The fourth-order valence-electron chi connectivity index (χ4n) is 4.58. The first-order chi connectivity index (χ1) is 19.7. The molecular weight excluding hydrogens is 538 g/mol. The smallest absolute Gasteiger partial charge is 0.243 e. The standard InChI is InChI=1S/C32H41N3O5S/c1-4-22-33-32(37)30(24-26-13-8-6-9-14-26)34(25-27-15-10-7-11-16-27)31(36)17-12-23-35(41(3,38)39)28-18-20-29(21-19-28)40-5-2/h6-11,13-16,18-21,30H,4-5,12,17,22-25H2,1-3H3,(H,33,37)/t30-/m0/s1. The largest absolute Gasteiger partial charge is 0.494 e. The van der Waals surface area contributed by atoms with Crippen molar-refractivity contribution in [1.82, 2.24) is 10.2 Å². The molecule has 0 fully saturated rings. The number of hydrogen-bond acceptors (Lipinski definition) is 5. The van der Waals surface area contributed by atoms with Gasteiger partial charge in [-0.05, 0) is 55.2 Å². The van der Waals surface area contributed by atoms with Crippen molar-refractivity contribution in [1.29, 1.82) is 0 Å². The minimum absolute atomic E-state index is 0.0855. The van der Waals surface area contributed by atoms with E-state index in [0.717, 1.165) is 23.8 Å². The van der Waals surface area contributed by atoms with Crippen molar-refractivity contribution in [3.8, 4) is 5.75 Å². The maximum Gasteiger partial charge on any atom is 0.243 e. The minimum Gasteiger partial charge on any atom is -0.494 e. The molecule has 1 N–H and O–H groups in total. The number of anilines is 1. The maximum atomic E-state index is 13.8. The van der Waals surface area contributed by atoms with Crippen LogP contribution in [0.5, 0.6) is 5.75 Å². The van der Waals surface area contributed by atoms with Gasteiger partial charge in [0.05, 0.1) is 18.6 Å².